The number of nitrogens with one attached hydrogen (secondary N) is 1. The van der Waals surface area contributed by atoms with Gasteiger partial charge in [0.25, 0.3) is 0 Å². The Kier molecular flexibility index (Phi) is 6.28. The van der Waals surface area contributed by atoms with Crippen LogP contribution in [0.4, 0.5) is 0 Å². The molecule has 3 nitrogen and oxygen atoms in total. The number of likely N-dealkylation sites (tertiary alicyclic amines) is 1. The second-order valence-corrected chi connectivity index (χ2v) is 5.30. The van der Waals surface area contributed by atoms with E-state index < -0.39 is 0 Å². The fourth-order valence-corrected chi connectivity index (χ4v) is 2.62. The number of hydrogen-bond acceptors (Lipinski definition) is 2. The third-order valence-electron chi connectivity index (χ3n) is 4.08. The molecule has 2 aliphatic heterocycles. The average Bonchev–Trinajstić information content (AvgIpc) is 2.13. The molecule has 0 bridgehead atoms. The Bertz CT molecular complexity index is 236. The molecule has 2 saturated heterocycles. The van der Waals surface area contributed by atoms with Crippen LogP contribution in [0, 0.1) is 11.8 Å². The van der Waals surface area contributed by atoms with Crippen molar-refractivity contribution in [2.24, 2.45) is 11.8 Å². The number of carbonyl (C=O) groups is 1. The van der Waals surface area contributed by atoms with Gasteiger partial charge in [-0.15, -0.1) is 12.4 Å². The molecule has 1 amide bonds. The summed E-state index contributed by atoms with van der Waals surface area (Å²) >= 11 is 0. The van der Waals surface area contributed by atoms with Gasteiger partial charge in [0.2, 0.25) is 5.91 Å². The molecule has 1 unspecified atom stereocenters. The van der Waals surface area contributed by atoms with Crippen molar-refractivity contribution in [2.45, 2.75) is 39.0 Å². The summed E-state index contributed by atoms with van der Waals surface area (Å²) in [7, 11) is 0. The highest BCUT2D eigenvalue weighted by molar-refractivity contribution is 5.85. The minimum Gasteiger partial charge on any atom is -0.342 e. The van der Waals surface area contributed by atoms with Gasteiger partial charge in [-0.1, -0.05) is 26.2 Å². The van der Waals surface area contributed by atoms with E-state index in [-0.39, 0.29) is 18.3 Å². The smallest absolute Gasteiger partial charge is 0.225 e. The first-order valence-corrected chi connectivity index (χ1v) is 6.78. The predicted molar refractivity (Wildman–Crippen MR) is 72.4 cm³/mol. The van der Waals surface area contributed by atoms with Gasteiger partial charge >= 0.3 is 0 Å². The van der Waals surface area contributed by atoms with Crippen LogP contribution in [0.2, 0.25) is 0 Å². The van der Waals surface area contributed by atoms with Gasteiger partial charge in [0.1, 0.15) is 0 Å². The minimum absolute atomic E-state index is 0. The molecular weight excluding hydrogens is 236 g/mol. The molecule has 0 aliphatic carbocycles. The third kappa shape index (κ3) is 3.85. The molecular formula is C13H25ClN2O. The third-order valence-corrected chi connectivity index (χ3v) is 4.08. The number of nitrogens with zero attached hydrogens (tertiary/aromatic N) is 1. The Morgan fingerprint density at radius 2 is 1.65 bits per heavy atom. The Morgan fingerprint density at radius 3 is 2.12 bits per heavy atom. The van der Waals surface area contributed by atoms with Crippen LogP contribution in [0.15, 0.2) is 0 Å². The summed E-state index contributed by atoms with van der Waals surface area (Å²) in [5.74, 6) is 1.20. The lowest BCUT2D eigenvalue weighted by atomic mass is 9.87. The van der Waals surface area contributed by atoms with Crippen LogP contribution < -0.4 is 5.32 Å². The fraction of sp³-hybridized carbons (Fsp3) is 0.923. The van der Waals surface area contributed by atoms with Crippen LogP contribution in [0.25, 0.3) is 0 Å². The molecule has 2 fully saturated rings. The molecule has 1 atom stereocenters. The van der Waals surface area contributed by atoms with Crippen molar-refractivity contribution in [1.82, 2.24) is 10.2 Å². The quantitative estimate of drug-likeness (QED) is 0.824. The molecule has 2 heterocycles. The van der Waals surface area contributed by atoms with Crippen molar-refractivity contribution in [3.63, 3.8) is 0 Å². The number of halogens is 1. The number of amides is 1. The molecule has 1 N–H and O–H groups in total. The van der Waals surface area contributed by atoms with E-state index >= 15 is 0 Å². The largest absolute Gasteiger partial charge is 0.342 e. The monoisotopic (exact) mass is 260 g/mol. The zero-order chi connectivity index (χ0) is 11.4. The highest BCUT2D eigenvalue weighted by Crippen LogP contribution is 2.20. The van der Waals surface area contributed by atoms with Gasteiger partial charge in [-0.05, 0) is 31.8 Å². The van der Waals surface area contributed by atoms with Crippen molar-refractivity contribution in [1.29, 1.82) is 0 Å². The molecule has 0 saturated carbocycles. The first-order valence-electron chi connectivity index (χ1n) is 6.78. The van der Waals surface area contributed by atoms with Crippen LogP contribution in [-0.4, -0.2) is 37.0 Å². The van der Waals surface area contributed by atoms with Crippen molar-refractivity contribution >= 4 is 18.3 Å². The first kappa shape index (κ1) is 14.8. The lowest BCUT2D eigenvalue weighted by molar-refractivity contribution is -0.137. The number of carbonyl (C=O) groups excluding carboxylic acids is 1. The van der Waals surface area contributed by atoms with Crippen molar-refractivity contribution in [3.8, 4) is 0 Å². The van der Waals surface area contributed by atoms with E-state index in [4.69, 9.17) is 0 Å². The molecule has 0 aromatic rings. The average molecular weight is 261 g/mol. The molecule has 0 aromatic heterocycles. The maximum atomic E-state index is 12.3. The second kappa shape index (κ2) is 7.22. The van der Waals surface area contributed by atoms with Gasteiger partial charge in [0, 0.05) is 19.0 Å². The van der Waals surface area contributed by atoms with Crippen LogP contribution in [0.5, 0.6) is 0 Å². The molecule has 4 heteroatoms. The Labute approximate surface area is 111 Å². The van der Waals surface area contributed by atoms with E-state index in [9.17, 15) is 4.79 Å². The molecule has 0 spiro atoms. The van der Waals surface area contributed by atoms with Gasteiger partial charge in [0.05, 0.1) is 0 Å². The maximum absolute atomic E-state index is 12.3. The highest BCUT2D eigenvalue weighted by Gasteiger charge is 2.31. The summed E-state index contributed by atoms with van der Waals surface area (Å²) < 4.78 is 0. The number of rotatable bonds is 2. The first-order chi connectivity index (χ1) is 7.79. The molecule has 2 aliphatic rings. The minimum atomic E-state index is 0. The Balaban J connectivity index is 0.00000144. The van der Waals surface area contributed by atoms with Crippen LogP contribution >= 0.6 is 12.4 Å². The van der Waals surface area contributed by atoms with Gasteiger partial charge in [-0.2, -0.15) is 0 Å². The Morgan fingerprint density at radius 1 is 1.12 bits per heavy atom. The van der Waals surface area contributed by atoms with Crippen molar-refractivity contribution in [2.75, 3.05) is 26.2 Å². The molecule has 0 aromatic carbocycles. The summed E-state index contributed by atoms with van der Waals surface area (Å²) in [4.78, 5) is 14.4. The van der Waals surface area contributed by atoms with Crippen LogP contribution in [0.3, 0.4) is 0 Å². The summed E-state index contributed by atoms with van der Waals surface area (Å²) in [6.45, 7) is 6.14. The fourth-order valence-electron chi connectivity index (χ4n) is 2.62. The number of hydrogen-bond donors (Lipinski definition) is 1. The highest BCUT2D eigenvalue weighted by atomic mass is 35.5. The van der Waals surface area contributed by atoms with Crippen LogP contribution in [0.1, 0.15) is 39.0 Å². The Hall–Kier alpha value is -0.280. The summed E-state index contributed by atoms with van der Waals surface area (Å²) in [5, 5.41) is 3.25. The summed E-state index contributed by atoms with van der Waals surface area (Å²) in [6, 6.07) is 0. The topological polar surface area (TPSA) is 32.3 Å². The normalized spacial score (nSPS) is 23.9. The predicted octanol–water partition coefficient (Wildman–Crippen LogP) is 2.06. The van der Waals surface area contributed by atoms with Crippen molar-refractivity contribution < 1.29 is 4.79 Å². The van der Waals surface area contributed by atoms with E-state index in [2.05, 4.69) is 17.1 Å². The maximum Gasteiger partial charge on any atom is 0.225 e. The molecule has 0 radical (unpaired) electrons. The standard InChI is InChI=1S/C13H24N2O.ClH/c1-11(12-9-14-10-12)13(16)15-7-5-3-2-4-6-8-15;/h11-12,14H,2-10H2,1H3;1H. The molecule has 17 heavy (non-hydrogen) atoms. The van der Waals surface area contributed by atoms with Gasteiger partial charge < -0.3 is 10.2 Å². The molecule has 100 valence electrons. The van der Waals surface area contributed by atoms with Gasteiger partial charge in [-0.25, -0.2) is 0 Å². The van der Waals surface area contributed by atoms with Gasteiger partial charge in [0.15, 0.2) is 0 Å². The van der Waals surface area contributed by atoms with E-state index in [1.54, 1.807) is 0 Å². The van der Waals surface area contributed by atoms with Crippen molar-refractivity contribution in [3.05, 3.63) is 0 Å². The zero-order valence-electron chi connectivity index (χ0n) is 10.8. The van der Waals surface area contributed by atoms with E-state index in [1.165, 1.54) is 32.1 Å². The van der Waals surface area contributed by atoms with Crippen LogP contribution in [-0.2, 0) is 4.79 Å². The van der Waals surface area contributed by atoms with E-state index in [0.29, 0.717) is 11.8 Å². The van der Waals surface area contributed by atoms with E-state index in [1.807, 2.05) is 0 Å². The van der Waals surface area contributed by atoms with Gasteiger partial charge in [-0.3, -0.25) is 4.79 Å². The second-order valence-electron chi connectivity index (χ2n) is 5.30. The zero-order valence-corrected chi connectivity index (χ0v) is 11.6. The molecule has 2 rings (SSSR count). The summed E-state index contributed by atoms with van der Waals surface area (Å²) in [5.41, 5.74) is 0. The lowest BCUT2D eigenvalue weighted by Gasteiger charge is -2.35. The summed E-state index contributed by atoms with van der Waals surface area (Å²) in [6.07, 6.45) is 6.33. The lowest BCUT2D eigenvalue weighted by Crippen LogP contribution is -2.50. The van der Waals surface area contributed by atoms with E-state index in [0.717, 1.165) is 26.2 Å². The SMILES string of the molecule is CC(C(=O)N1CCCCCCC1)C1CNC1.Cl.